The molecule has 5 rings (SSSR count). The molecule has 0 saturated carbocycles. The highest BCUT2D eigenvalue weighted by Crippen LogP contribution is 2.33. The van der Waals surface area contributed by atoms with E-state index in [1.807, 2.05) is 42.7 Å². The normalized spacial score (nSPS) is 19.4. The van der Waals surface area contributed by atoms with Gasteiger partial charge in [-0.3, -0.25) is 19.4 Å². The number of carbonyl (C=O) groups excluding carboxylic acids is 3. The summed E-state index contributed by atoms with van der Waals surface area (Å²) in [6, 6.07) is 12.3. The van der Waals surface area contributed by atoms with Crippen LogP contribution in [-0.2, 0) is 4.79 Å². The molecule has 33 heavy (non-hydrogen) atoms. The van der Waals surface area contributed by atoms with Gasteiger partial charge in [-0.2, -0.15) is 0 Å². The number of hydrogen-bond donors (Lipinski definition) is 2. The van der Waals surface area contributed by atoms with Crippen molar-refractivity contribution < 1.29 is 14.4 Å². The van der Waals surface area contributed by atoms with Gasteiger partial charge < -0.3 is 15.5 Å². The van der Waals surface area contributed by atoms with Gasteiger partial charge in [0.15, 0.2) is 0 Å². The topological polar surface area (TPSA) is 104 Å². The highest BCUT2D eigenvalue weighted by atomic mass is 32.2. The molecule has 0 aliphatic carbocycles. The molecule has 0 unspecified atom stereocenters. The lowest BCUT2D eigenvalue weighted by Crippen LogP contribution is -2.51. The van der Waals surface area contributed by atoms with Gasteiger partial charge in [-0.25, -0.2) is 4.98 Å². The van der Waals surface area contributed by atoms with Crippen molar-refractivity contribution in [2.75, 3.05) is 18.1 Å². The molecule has 2 atom stereocenters. The Morgan fingerprint density at radius 1 is 1.12 bits per heavy atom. The number of nitrogens with zero attached hydrogens (tertiary/aromatic N) is 3. The van der Waals surface area contributed by atoms with Crippen molar-refractivity contribution in [1.82, 2.24) is 20.2 Å². The maximum absolute atomic E-state index is 13.4. The Hall–Kier alpha value is -3.72. The molecule has 1 fully saturated rings. The number of carbonyl (C=O) groups is 3. The van der Waals surface area contributed by atoms with Crippen molar-refractivity contribution in [3.63, 3.8) is 0 Å². The second kappa shape index (κ2) is 8.67. The van der Waals surface area contributed by atoms with E-state index in [4.69, 9.17) is 0 Å². The van der Waals surface area contributed by atoms with Crippen LogP contribution >= 0.6 is 11.8 Å². The van der Waals surface area contributed by atoms with Gasteiger partial charge >= 0.3 is 0 Å². The number of thioether (sulfide) groups is 1. The summed E-state index contributed by atoms with van der Waals surface area (Å²) < 4.78 is 0. The zero-order valence-electron chi connectivity index (χ0n) is 17.8. The Labute approximate surface area is 194 Å². The minimum absolute atomic E-state index is 0.164. The molecule has 3 amide bonds. The maximum Gasteiger partial charge on any atom is 0.271 e. The Morgan fingerprint density at radius 3 is 2.64 bits per heavy atom. The van der Waals surface area contributed by atoms with Crippen LogP contribution < -0.4 is 10.6 Å². The first-order valence-corrected chi connectivity index (χ1v) is 11.7. The lowest BCUT2D eigenvalue weighted by Gasteiger charge is -2.24. The summed E-state index contributed by atoms with van der Waals surface area (Å²) in [6.07, 6.45) is 6.77. The summed E-state index contributed by atoms with van der Waals surface area (Å²) in [5.41, 5.74) is 2.97. The summed E-state index contributed by atoms with van der Waals surface area (Å²) in [7, 11) is 0. The first-order valence-electron chi connectivity index (χ1n) is 10.5. The van der Waals surface area contributed by atoms with E-state index in [9.17, 15) is 14.4 Å². The summed E-state index contributed by atoms with van der Waals surface area (Å²) >= 11 is 1.67. The molecule has 0 radical (unpaired) electrons. The third-order valence-electron chi connectivity index (χ3n) is 5.97. The number of anilines is 1. The van der Waals surface area contributed by atoms with Gasteiger partial charge in [0.25, 0.3) is 11.8 Å². The van der Waals surface area contributed by atoms with Crippen LogP contribution in [0.3, 0.4) is 0 Å². The average Bonchev–Trinajstić information content (AvgIpc) is 3.23. The van der Waals surface area contributed by atoms with Crippen LogP contribution in [0.5, 0.6) is 0 Å². The molecule has 9 heteroatoms. The molecule has 3 aromatic rings. The summed E-state index contributed by atoms with van der Waals surface area (Å²) in [5, 5.41) is 5.73. The van der Waals surface area contributed by atoms with Gasteiger partial charge in [0, 0.05) is 23.8 Å². The Bertz CT molecular complexity index is 1230. The number of aromatic nitrogens is 2. The second-order valence-electron chi connectivity index (χ2n) is 7.88. The van der Waals surface area contributed by atoms with Crippen LogP contribution in [0.15, 0.2) is 66.0 Å². The summed E-state index contributed by atoms with van der Waals surface area (Å²) in [5.74, 6) is -0.971. The van der Waals surface area contributed by atoms with Gasteiger partial charge in [0.05, 0.1) is 23.5 Å². The third kappa shape index (κ3) is 3.95. The third-order valence-corrected chi connectivity index (χ3v) is 6.71. The minimum Gasteiger partial charge on any atom is -0.345 e. The van der Waals surface area contributed by atoms with E-state index in [-0.39, 0.29) is 17.5 Å². The standard InChI is InChI=1S/C24H21N5O3S/c1-33-16-5-2-14(3-6-16)15-4-7-18-17(12-15)24(32)29-11-8-19(21(29)23(31)27-18)28-22(30)20-13-25-9-10-26-20/h2-7,9-10,12-13,19,21H,8,11H2,1H3,(H,27,31)(H,28,30)/t19-,21-/m0/s1. The van der Waals surface area contributed by atoms with Gasteiger partial charge in [0.2, 0.25) is 5.91 Å². The molecule has 3 heterocycles. The first-order chi connectivity index (χ1) is 16.0. The van der Waals surface area contributed by atoms with Gasteiger partial charge in [-0.15, -0.1) is 11.8 Å². The van der Waals surface area contributed by atoms with Crippen molar-refractivity contribution in [2.24, 2.45) is 0 Å². The molecular weight excluding hydrogens is 438 g/mol. The van der Waals surface area contributed by atoms with E-state index in [1.165, 1.54) is 18.6 Å². The highest BCUT2D eigenvalue weighted by Gasteiger charge is 2.45. The fraction of sp³-hybridized carbons (Fsp3) is 0.208. The predicted molar refractivity (Wildman–Crippen MR) is 125 cm³/mol. The van der Waals surface area contributed by atoms with Crippen LogP contribution in [0.1, 0.15) is 27.3 Å². The maximum atomic E-state index is 13.4. The molecule has 0 bridgehead atoms. The molecule has 2 aliphatic heterocycles. The Morgan fingerprint density at radius 2 is 1.91 bits per heavy atom. The number of rotatable bonds is 4. The predicted octanol–water partition coefficient (Wildman–Crippen LogP) is 2.83. The minimum atomic E-state index is -0.796. The van der Waals surface area contributed by atoms with E-state index in [0.717, 1.165) is 16.0 Å². The van der Waals surface area contributed by atoms with Crippen molar-refractivity contribution in [2.45, 2.75) is 23.4 Å². The van der Waals surface area contributed by atoms with Crippen LogP contribution in [0.4, 0.5) is 5.69 Å². The van der Waals surface area contributed by atoms with E-state index in [0.29, 0.717) is 24.2 Å². The van der Waals surface area contributed by atoms with E-state index in [2.05, 4.69) is 20.6 Å². The lowest BCUT2D eigenvalue weighted by molar-refractivity contribution is -0.120. The number of benzene rings is 2. The van der Waals surface area contributed by atoms with Crippen molar-refractivity contribution in [3.8, 4) is 11.1 Å². The van der Waals surface area contributed by atoms with Crippen molar-refractivity contribution >= 4 is 35.2 Å². The number of hydrogen-bond acceptors (Lipinski definition) is 6. The fourth-order valence-corrected chi connectivity index (χ4v) is 4.72. The van der Waals surface area contributed by atoms with E-state index < -0.39 is 18.0 Å². The zero-order chi connectivity index (χ0) is 22.9. The Balaban J connectivity index is 1.41. The van der Waals surface area contributed by atoms with Crippen LogP contribution in [0.25, 0.3) is 11.1 Å². The van der Waals surface area contributed by atoms with Gasteiger partial charge in [-0.05, 0) is 48.1 Å². The molecule has 166 valence electrons. The monoisotopic (exact) mass is 459 g/mol. The Kier molecular flexibility index (Phi) is 5.55. The average molecular weight is 460 g/mol. The van der Waals surface area contributed by atoms with Crippen LogP contribution in [0.2, 0.25) is 0 Å². The summed E-state index contributed by atoms with van der Waals surface area (Å²) in [6.45, 7) is 0.369. The molecule has 1 aromatic heterocycles. The second-order valence-corrected chi connectivity index (χ2v) is 8.76. The molecule has 2 N–H and O–H groups in total. The smallest absolute Gasteiger partial charge is 0.271 e. The van der Waals surface area contributed by atoms with Gasteiger partial charge in [0.1, 0.15) is 11.7 Å². The largest absolute Gasteiger partial charge is 0.345 e. The first kappa shape index (κ1) is 21.1. The van der Waals surface area contributed by atoms with E-state index in [1.54, 1.807) is 22.7 Å². The number of amides is 3. The number of nitrogens with one attached hydrogen (secondary N) is 2. The van der Waals surface area contributed by atoms with Gasteiger partial charge in [-0.1, -0.05) is 18.2 Å². The number of fused-ring (bicyclic) bond motifs is 2. The molecule has 2 aromatic carbocycles. The molecule has 0 spiro atoms. The summed E-state index contributed by atoms with van der Waals surface area (Å²) in [4.78, 5) is 49.7. The molecular formula is C24H21N5O3S. The molecule has 1 saturated heterocycles. The van der Waals surface area contributed by atoms with E-state index >= 15 is 0 Å². The van der Waals surface area contributed by atoms with Crippen molar-refractivity contribution in [1.29, 1.82) is 0 Å². The quantitative estimate of drug-likeness (QED) is 0.582. The zero-order valence-corrected chi connectivity index (χ0v) is 18.6. The fourth-order valence-electron chi connectivity index (χ4n) is 4.31. The van der Waals surface area contributed by atoms with Crippen LogP contribution in [0, 0.1) is 0 Å². The SMILES string of the molecule is CSc1ccc(-c2ccc3c(c2)C(=O)N2CC[C@H](NC(=O)c4cnccn4)[C@H]2C(=O)N3)cc1. The molecule has 2 aliphatic rings. The molecule has 8 nitrogen and oxygen atoms in total. The van der Waals surface area contributed by atoms with Crippen LogP contribution in [-0.4, -0.2) is 57.5 Å². The highest BCUT2D eigenvalue weighted by molar-refractivity contribution is 7.98. The lowest BCUT2D eigenvalue weighted by atomic mass is 10.0. The van der Waals surface area contributed by atoms with Crippen molar-refractivity contribution in [3.05, 3.63) is 72.3 Å².